The third-order valence-corrected chi connectivity index (χ3v) is 4.23. The summed E-state index contributed by atoms with van der Waals surface area (Å²) in [6.45, 7) is 0.154. The molecule has 152 valence electrons. The Kier molecular flexibility index (Phi) is 5.12. The Morgan fingerprint density at radius 1 is 1.17 bits per heavy atom. The molecule has 1 aliphatic heterocycles. The van der Waals surface area contributed by atoms with Crippen LogP contribution >= 0.6 is 0 Å². The number of hydrazone groups is 1. The van der Waals surface area contributed by atoms with Crippen molar-refractivity contribution in [3.63, 3.8) is 0 Å². The van der Waals surface area contributed by atoms with Crippen molar-refractivity contribution in [2.24, 2.45) is 5.10 Å². The molecule has 0 spiro atoms. The maximum Gasteiger partial charge on any atom is 0.283 e. The van der Waals surface area contributed by atoms with Crippen LogP contribution < -0.4 is 14.9 Å². The van der Waals surface area contributed by atoms with E-state index in [1.807, 2.05) is 0 Å². The van der Waals surface area contributed by atoms with Crippen molar-refractivity contribution in [2.45, 2.75) is 6.42 Å². The van der Waals surface area contributed by atoms with Crippen LogP contribution in [0.5, 0.6) is 11.5 Å². The van der Waals surface area contributed by atoms with E-state index in [-0.39, 0.29) is 36.2 Å². The van der Waals surface area contributed by atoms with Gasteiger partial charge in [-0.1, -0.05) is 6.07 Å². The lowest BCUT2D eigenvalue weighted by Crippen LogP contribution is -2.19. The number of nitrogens with zero attached hydrogens (tertiary/aromatic N) is 2. The smallest absolute Gasteiger partial charge is 0.283 e. The summed E-state index contributed by atoms with van der Waals surface area (Å²) in [5, 5.41) is 14.9. The lowest BCUT2D eigenvalue weighted by Gasteiger charge is -2.02. The summed E-state index contributed by atoms with van der Waals surface area (Å²) in [5.74, 6) is 0.575. The van der Waals surface area contributed by atoms with E-state index in [0.29, 0.717) is 11.5 Å². The van der Waals surface area contributed by atoms with Gasteiger partial charge in [0.15, 0.2) is 11.5 Å². The molecule has 1 N–H and O–H groups in total. The summed E-state index contributed by atoms with van der Waals surface area (Å²) < 4.78 is 29.3. The molecule has 1 aromatic heterocycles. The van der Waals surface area contributed by atoms with Crippen LogP contribution in [0.25, 0.3) is 11.3 Å². The monoisotopic (exact) mass is 411 g/mol. The fraction of sp³-hybridized carbons (Fsp3) is 0.100. The van der Waals surface area contributed by atoms with Crippen LogP contribution in [0, 0.1) is 15.9 Å². The van der Waals surface area contributed by atoms with E-state index in [4.69, 9.17) is 13.9 Å². The quantitative estimate of drug-likeness (QED) is 0.377. The molecule has 0 radical (unpaired) electrons. The number of ether oxygens (including phenoxy) is 2. The predicted octanol–water partition coefficient (Wildman–Crippen LogP) is 3.42. The number of fused-ring (bicyclic) bond motifs is 1. The molecule has 1 aliphatic rings. The fourth-order valence-electron chi connectivity index (χ4n) is 2.87. The molecule has 2 heterocycles. The van der Waals surface area contributed by atoms with Gasteiger partial charge < -0.3 is 13.9 Å². The van der Waals surface area contributed by atoms with E-state index in [0.717, 1.165) is 17.7 Å². The normalized spacial score (nSPS) is 12.3. The van der Waals surface area contributed by atoms with Crippen molar-refractivity contribution < 1.29 is 28.0 Å². The molecule has 10 heteroatoms. The zero-order valence-electron chi connectivity index (χ0n) is 15.3. The topological polar surface area (TPSA) is 116 Å². The van der Waals surface area contributed by atoms with E-state index in [1.165, 1.54) is 24.4 Å². The Morgan fingerprint density at radius 2 is 2.00 bits per heavy atom. The first-order chi connectivity index (χ1) is 14.5. The highest BCUT2D eigenvalue weighted by atomic mass is 19.1. The van der Waals surface area contributed by atoms with Gasteiger partial charge in [0, 0.05) is 0 Å². The first-order valence-electron chi connectivity index (χ1n) is 8.74. The molecule has 30 heavy (non-hydrogen) atoms. The third kappa shape index (κ3) is 4.12. The van der Waals surface area contributed by atoms with Crippen LogP contribution in [0.4, 0.5) is 10.1 Å². The van der Waals surface area contributed by atoms with Gasteiger partial charge in [-0.25, -0.2) is 9.82 Å². The molecular weight excluding hydrogens is 397 g/mol. The highest BCUT2D eigenvalue weighted by Crippen LogP contribution is 2.33. The van der Waals surface area contributed by atoms with Gasteiger partial charge in [0.25, 0.3) is 5.69 Å². The number of carbonyl (C=O) groups excluding carboxylic acids is 1. The Hall–Kier alpha value is -4.21. The largest absolute Gasteiger partial charge is 0.455 e. The van der Waals surface area contributed by atoms with Crippen LogP contribution in [-0.4, -0.2) is 23.8 Å². The van der Waals surface area contributed by atoms with Gasteiger partial charge >= 0.3 is 0 Å². The van der Waals surface area contributed by atoms with Crippen LogP contribution in [0.15, 0.2) is 58.0 Å². The van der Waals surface area contributed by atoms with Gasteiger partial charge in [-0.3, -0.25) is 14.9 Å². The van der Waals surface area contributed by atoms with Crippen molar-refractivity contribution in [1.82, 2.24) is 5.43 Å². The predicted molar refractivity (Wildman–Crippen MR) is 103 cm³/mol. The van der Waals surface area contributed by atoms with Gasteiger partial charge in [0.05, 0.1) is 29.2 Å². The van der Waals surface area contributed by atoms with Crippen molar-refractivity contribution >= 4 is 17.8 Å². The number of benzene rings is 2. The minimum absolute atomic E-state index is 0.0825. The number of nitro groups is 1. The Labute approximate surface area is 168 Å². The van der Waals surface area contributed by atoms with E-state index >= 15 is 0 Å². The van der Waals surface area contributed by atoms with Gasteiger partial charge in [-0.15, -0.1) is 0 Å². The molecule has 0 unspecified atom stereocenters. The number of nitrogens with one attached hydrogen (secondary N) is 1. The third-order valence-electron chi connectivity index (χ3n) is 4.23. The number of furan rings is 1. The van der Waals surface area contributed by atoms with E-state index in [9.17, 15) is 19.3 Å². The second-order valence-electron chi connectivity index (χ2n) is 6.28. The number of amides is 1. The summed E-state index contributed by atoms with van der Waals surface area (Å²) in [6, 6.07) is 11.4. The SMILES string of the molecule is O=C(Cc1ccc2c(c1)OCO2)N/N=C\c1ccc(-c2ccc(F)cc2[N+](=O)[O-])o1. The number of halogens is 1. The van der Waals surface area contributed by atoms with Crippen LogP contribution in [-0.2, 0) is 11.2 Å². The summed E-state index contributed by atoms with van der Waals surface area (Å²) in [4.78, 5) is 22.5. The number of carbonyl (C=O) groups is 1. The summed E-state index contributed by atoms with van der Waals surface area (Å²) in [5.41, 5.74) is 2.83. The Balaban J connectivity index is 1.39. The standard InChI is InChI=1S/C20H14FN3O6/c21-13-2-4-15(16(9-13)24(26)27)17-6-3-14(30-17)10-22-23-20(25)8-12-1-5-18-19(7-12)29-11-28-18/h1-7,9-10H,8,11H2,(H,23,25)/b22-10-. The number of rotatable bonds is 6. The maximum absolute atomic E-state index is 13.3. The van der Waals surface area contributed by atoms with E-state index in [2.05, 4.69) is 10.5 Å². The minimum Gasteiger partial charge on any atom is -0.455 e. The molecule has 0 saturated heterocycles. The highest BCUT2D eigenvalue weighted by Gasteiger charge is 2.19. The first kappa shape index (κ1) is 19.1. The zero-order chi connectivity index (χ0) is 21.1. The fourth-order valence-corrected chi connectivity index (χ4v) is 2.87. The van der Waals surface area contributed by atoms with Crippen LogP contribution in [0.3, 0.4) is 0 Å². The Morgan fingerprint density at radius 3 is 2.83 bits per heavy atom. The van der Waals surface area contributed by atoms with Gasteiger partial charge in [-0.05, 0) is 42.0 Å². The van der Waals surface area contributed by atoms with Crippen molar-refractivity contribution in [3.05, 3.63) is 75.8 Å². The molecule has 3 aromatic rings. The average Bonchev–Trinajstić information content (AvgIpc) is 3.37. The molecule has 2 aromatic carbocycles. The number of hydrogen-bond donors (Lipinski definition) is 1. The molecular formula is C20H14FN3O6. The van der Waals surface area contributed by atoms with Crippen molar-refractivity contribution in [3.8, 4) is 22.8 Å². The van der Waals surface area contributed by atoms with Crippen LogP contribution in [0.2, 0.25) is 0 Å². The highest BCUT2D eigenvalue weighted by molar-refractivity contribution is 5.82. The summed E-state index contributed by atoms with van der Waals surface area (Å²) in [6.07, 6.45) is 1.34. The van der Waals surface area contributed by atoms with E-state index in [1.54, 1.807) is 18.2 Å². The molecule has 0 atom stereocenters. The van der Waals surface area contributed by atoms with Gasteiger partial charge in [0.1, 0.15) is 17.3 Å². The second kappa shape index (κ2) is 8.03. The molecule has 0 fully saturated rings. The molecule has 0 aliphatic carbocycles. The molecule has 0 saturated carbocycles. The second-order valence-corrected chi connectivity index (χ2v) is 6.28. The Bertz CT molecular complexity index is 1160. The number of nitro benzene ring substituents is 1. The van der Waals surface area contributed by atoms with Crippen molar-refractivity contribution in [2.75, 3.05) is 6.79 Å². The van der Waals surface area contributed by atoms with Crippen LogP contribution in [0.1, 0.15) is 11.3 Å². The lowest BCUT2D eigenvalue weighted by atomic mass is 10.1. The van der Waals surface area contributed by atoms with Gasteiger partial charge in [-0.2, -0.15) is 5.10 Å². The van der Waals surface area contributed by atoms with E-state index < -0.39 is 16.4 Å². The van der Waals surface area contributed by atoms with Crippen molar-refractivity contribution in [1.29, 1.82) is 0 Å². The lowest BCUT2D eigenvalue weighted by molar-refractivity contribution is -0.384. The number of hydrogen-bond acceptors (Lipinski definition) is 7. The minimum atomic E-state index is -0.719. The maximum atomic E-state index is 13.3. The zero-order valence-corrected chi connectivity index (χ0v) is 15.3. The summed E-state index contributed by atoms with van der Waals surface area (Å²) in [7, 11) is 0. The molecule has 4 rings (SSSR count). The average molecular weight is 411 g/mol. The molecule has 1 amide bonds. The summed E-state index contributed by atoms with van der Waals surface area (Å²) >= 11 is 0. The molecule has 9 nitrogen and oxygen atoms in total. The first-order valence-corrected chi connectivity index (χ1v) is 8.74. The molecule has 0 bridgehead atoms. The van der Waals surface area contributed by atoms with Gasteiger partial charge in [0.2, 0.25) is 12.7 Å².